The molecule has 0 radical (unpaired) electrons. The van der Waals surface area contributed by atoms with Crippen LogP contribution in [0, 0.1) is 6.92 Å². The largest absolute Gasteiger partial charge is 0.493 e. The minimum atomic E-state index is -0.253. The number of rotatable bonds is 8. The summed E-state index contributed by atoms with van der Waals surface area (Å²) in [4.78, 5) is 27.7. The summed E-state index contributed by atoms with van der Waals surface area (Å²) in [5, 5.41) is 0.859. The summed E-state index contributed by atoms with van der Waals surface area (Å²) in [6.07, 6.45) is 5.09. The minimum Gasteiger partial charge on any atom is -0.493 e. The topological polar surface area (TPSA) is 98.6 Å². The predicted octanol–water partition coefficient (Wildman–Crippen LogP) is 6.02. The molecule has 0 saturated carbocycles. The molecule has 8 nitrogen and oxygen atoms in total. The first-order valence-corrected chi connectivity index (χ1v) is 13.0. The van der Waals surface area contributed by atoms with Gasteiger partial charge in [0.15, 0.2) is 11.0 Å². The van der Waals surface area contributed by atoms with Crippen molar-refractivity contribution in [3.63, 3.8) is 0 Å². The molecule has 1 atom stereocenters. The zero-order valence-electron chi connectivity index (χ0n) is 21.5. The second-order valence-electron chi connectivity index (χ2n) is 8.63. The van der Waals surface area contributed by atoms with Gasteiger partial charge in [0.05, 0.1) is 6.61 Å². The minimum absolute atomic E-state index is 0.101. The number of aromatic nitrogens is 4. The predicted molar refractivity (Wildman–Crippen MR) is 148 cm³/mol. The fourth-order valence-corrected chi connectivity index (χ4v) is 5.03. The van der Waals surface area contributed by atoms with Gasteiger partial charge >= 0.3 is 0 Å². The number of hydrogen-bond acceptors (Lipinski definition) is 6. The Kier molecular flexibility index (Phi) is 7.90. The van der Waals surface area contributed by atoms with Gasteiger partial charge in [-0.1, -0.05) is 36.2 Å². The number of carbonyl (C=O) groups is 1. The number of fused-ring (bicyclic) bond motifs is 1. The third kappa shape index (κ3) is 4.83. The van der Waals surface area contributed by atoms with Crippen molar-refractivity contribution in [2.75, 3.05) is 25.4 Å². The molecule has 194 valence electrons. The molecule has 3 heterocycles. The summed E-state index contributed by atoms with van der Waals surface area (Å²) in [6, 6.07) is 5.53. The van der Waals surface area contributed by atoms with Crippen LogP contribution in [0.1, 0.15) is 61.1 Å². The Labute approximate surface area is 226 Å². The van der Waals surface area contributed by atoms with E-state index in [0.717, 1.165) is 22.3 Å². The molecule has 3 aromatic heterocycles. The molecule has 37 heavy (non-hydrogen) atoms. The van der Waals surface area contributed by atoms with E-state index >= 15 is 0 Å². The van der Waals surface area contributed by atoms with Crippen molar-refractivity contribution in [1.29, 1.82) is 0 Å². The number of carbonyl (C=O) groups excluding carboxylic acids is 1. The molecule has 0 spiro atoms. The molecule has 0 saturated heterocycles. The van der Waals surface area contributed by atoms with Crippen LogP contribution in [0.3, 0.4) is 0 Å². The first-order valence-electron chi connectivity index (χ1n) is 12.2. The van der Waals surface area contributed by atoms with Crippen LogP contribution in [0.15, 0.2) is 36.8 Å². The fourth-order valence-electron chi connectivity index (χ4n) is 4.54. The van der Waals surface area contributed by atoms with Crippen LogP contribution in [0.5, 0.6) is 5.75 Å². The average Bonchev–Trinajstić information content (AvgIpc) is 3.24. The summed E-state index contributed by atoms with van der Waals surface area (Å²) < 4.78 is 8.07. The molecule has 0 bridgehead atoms. The normalized spacial score (nSPS) is 12.1. The number of benzene rings is 1. The average molecular weight is 541 g/mol. The zero-order valence-corrected chi connectivity index (χ0v) is 23.1. The molecule has 10 heteroatoms. The molecule has 0 aliphatic heterocycles. The van der Waals surface area contributed by atoms with Crippen LogP contribution < -0.4 is 10.5 Å². The van der Waals surface area contributed by atoms with Crippen LogP contribution in [0.4, 0.5) is 5.82 Å². The molecule has 0 aliphatic rings. The summed E-state index contributed by atoms with van der Waals surface area (Å²) in [7, 11) is 0. The number of anilines is 1. The Balaban J connectivity index is 1.86. The Morgan fingerprint density at radius 1 is 1.19 bits per heavy atom. The van der Waals surface area contributed by atoms with Gasteiger partial charge < -0.3 is 15.4 Å². The monoisotopic (exact) mass is 540 g/mol. The third-order valence-corrected chi connectivity index (χ3v) is 7.19. The SMILES string of the molecule is CCOc1c(C(C)c2nc(Cl)c3c(N)nccn23)cc(Cl)c(C)c1-c1ccc(C(=O)N(CC)CC)nc1. The lowest BCUT2D eigenvalue weighted by Crippen LogP contribution is -2.31. The van der Waals surface area contributed by atoms with Crippen molar-refractivity contribution in [2.24, 2.45) is 0 Å². The number of nitrogen functional groups attached to an aromatic ring is 1. The maximum absolute atomic E-state index is 12.8. The van der Waals surface area contributed by atoms with E-state index in [4.69, 9.17) is 33.7 Å². The lowest BCUT2D eigenvalue weighted by Gasteiger charge is -2.22. The first kappa shape index (κ1) is 26.7. The van der Waals surface area contributed by atoms with Gasteiger partial charge in [0, 0.05) is 59.3 Å². The van der Waals surface area contributed by atoms with E-state index in [9.17, 15) is 4.79 Å². The van der Waals surface area contributed by atoms with E-state index in [1.165, 1.54) is 0 Å². The fraction of sp³-hybridized carbons (Fsp3) is 0.333. The van der Waals surface area contributed by atoms with E-state index in [0.29, 0.717) is 53.3 Å². The highest BCUT2D eigenvalue weighted by molar-refractivity contribution is 6.33. The number of amides is 1. The van der Waals surface area contributed by atoms with Gasteiger partial charge in [-0.05, 0) is 45.4 Å². The highest BCUT2D eigenvalue weighted by Gasteiger charge is 2.26. The van der Waals surface area contributed by atoms with Crippen molar-refractivity contribution in [1.82, 2.24) is 24.3 Å². The van der Waals surface area contributed by atoms with Gasteiger partial charge in [-0.25, -0.2) is 9.97 Å². The van der Waals surface area contributed by atoms with Crippen LogP contribution in [-0.2, 0) is 0 Å². The van der Waals surface area contributed by atoms with Crippen LogP contribution in [-0.4, -0.2) is 49.9 Å². The summed E-state index contributed by atoms with van der Waals surface area (Å²) in [5.41, 5.74) is 10.3. The first-order chi connectivity index (χ1) is 17.7. The smallest absolute Gasteiger partial charge is 0.272 e. The van der Waals surface area contributed by atoms with Crippen molar-refractivity contribution in [2.45, 2.75) is 40.5 Å². The van der Waals surface area contributed by atoms with Gasteiger partial charge in [-0.3, -0.25) is 14.2 Å². The highest BCUT2D eigenvalue weighted by atomic mass is 35.5. The van der Waals surface area contributed by atoms with Crippen molar-refractivity contribution < 1.29 is 9.53 Å². The van der Waals surface area contributed by atoms with Crippen LogP contribution in [0.25, 0.3) is 16.6 Å². The van der Waals surface area contributed by atoms with E-state index in [-0.39, 0.29) is 17.0 Å². The van der Waals surface area contributed by atoms with Gasteiger partial charge in [-0.2, -0.15) is 0 Å². The molecule has 0 fully saturated rings. The molecule has 4 rings (SSSR count). The summed E-state index contributed by atoms with van der Waals surface area (Å²) >= 11 is 13.2. The second kappa shape index (κ2) is 10.9. The maximum atomic E-state index is 12.8. The van der Waals surface area contributed by atoms with Crippen molar-refractivity contribution in [3.8, 4) is 16.9 Å². The third-order valence-electron chi connectivity index (χ3n) is 6.54. The number of ether oxygens (including phenoxy) is 1. The van der Waals surface area contributed by atoms with Gasteiger partial charge in [0.1, 0.15) is 22.8 Å². The maximum Gasteiger partial charge on any atom is 0.272 e. The second-order valence-corrected chi connectivity index (χ2v) is 9.40. The Morgan fingerprint density at radius 3 is 2.54 bits per heavy atom. The molecular weight excluding hydrogens is 511 g/mol. The lowest BCUT2D eigenvalue weighted by molar-refractivity contribution is 0.0767. The van der Waals surface area contributed by atoms with Gasteiger partial charge in [-0.15, -0.1) is 0 Å². The molecule has 2 N–H and O–H groups in total. The van der Waals surface area contributed by atoms with Gasteiger partial charge in [0.2, 0.25) is 0 Å². The van der Waals surface area contributed by atoms with E-state index in [1.54, 1.807) is 29.6 Å². The number of halogens is 2. The van der Waals surface area contributed by atoms with Crippen LogP contribution >= 0.6 is 23.2 Å². The molecule has 1 amide bonds. The quantitative estimate of drug-likeness (QED) is 0.293. The number of pyridine rings is 1. The summed E-state index contributed by atoms with van der Waals surface area (Å²) in [6.45, 7) is 11.5. The molecule has 0 aliphatic carbocycles. The highest BCUT2D eigenvalue weighted by Crippen LogP contribution is 2.44. The Hall–Kier alpha value is -3.36. The molecular formula is C27H30Cl2N6O2. The Morgan fingerprint density at radius 2 is 1.92 bits per heavy atom. The van der Waals surface area contributed by atoms with Crippen molar-refractivity contribution >= 4 is 40.4 Å². The Bertz CT molecular complexity index is 1450. The van der Waals surface area contributed by atoms with Crippen LogP contribution in [0.2, 0.25) is 10.2 Å². The summed E-state index contributed by atoms with van der Waals surface area (Å²) in [5.74, 6) is 1.30. The van der Waals surface area contributed by atoms with E-state index in [2.05, 4.69) is 15.0 Å². The zero-order chi connectivity index (χ0) is 26.9. The molecule has 1 aromatic carbocycles. The number of nitrogens with two attached hydrogens (primary N) is 1. The molecule has 4 aromatic rings. The van der Waals surface area contributed by atoms with Crippen molar-refractivity contribution in [3.05, 3.63) is 69.6 Å². The molecule has 1 unspecified atom stereocenters. The standard InChI is InChI=1S/C27H30Cl2N6O2/c1-6-34(7-2)27(36)20-10-9-17(14-32-20)21-16(5)19(28)13-18(23(21)37-8-3)15(4)26-33-24(29)22-25(30)31-11-12-35(22)26/h9-15H,6-8H2,1-5H3,(H2,30,31). The van der Waals surface area contributed by atoms with E-state index < -0.39 is 0 Å². The number of hydrogen-bond donors (Lipinski definition) is 1. The lowest BCUT2D eigenvalue weighted by atomic mass is 9.91. The number of nitrogens with zero attached hydrogens (tertiary/aromatic N) is 5. The van der Waals surface area contributed by atoms with Gasteiger partial charge in [0.25, 0.3) is 5.91 Å². The van der Waals surface area contributed by atoms with E-state index in [1.807, 2.05) is 51.2 Å². The number of imidazole rings is 1.